The molecular formula is C26H26N2O12P2-2. The van der Waals surface area contributed by atoms with E-state index < -0.39 is 27.9 Å². The van der Waals surface area contributed by atoms with Crippen LogP contribution in [0.1, 0.15) is 16.7 Å². The number of carbonyl (C=O) groups is 1. The first-order valence-electron chi connectivity index (χ1n) is 12.1. The van der Waals surface area contributed by atoms with Crippen molar-refractivity contribution in [1.82, 2.24) is 5.09 Å². The van der Waals surface area contributed by atoms with Crippen LogP contribution in [-0.4, -0.2) is 42.7 Å². The van der Waals surface area contributed by atoms with Crippen LogP contribution in [0.3, 0.4) is 0 Å². The number of nitrogens with one attached hydrogen (secondary N) is 2. The molecule has 0 radical (unpaired) electrons. The molecule has 1 amide bonds. The Labute approximate surface area is 241 Å². The topological polar surface area (TPSA) is 214 Å². The first-order valence-corrected chi connectivity index (χ1v) is 15.2. The minimum atomic E-state index is -5.35. The molecule has 0 aromatic heterocycles. The van der Waals surface area contributed by atoms with Crippen molar-refractivity contribution in [3.63, 3.8) is 0 Å². The molecule has 3 aromatic rings. The fraction of sp³-hybridized carbons (Fsp3) is 0.192. The number of hydrogen-bond donors (Lipinski definition) is 4. The number of anilines is 1. The van der Waals surface area contributed by atoms with Gasteiger partial charge in [0, 0.05) is 6.42 Å². The van der Waals surface area contributed by atoms with Gasteiger partial charge in [-0.3, -0.25) is 14.6 Å². The second-order valence-electron chi connectivity index (χ2n) is 8.85. The predicted molar refractivity (Wildman–Crippen MR) is 146 cm³/mol. The summed E-state index contributed by atoms with van der Waals surface area (Å²) in [6, 6.07) is 12.1. The lowest BCUT2D eigenvalue weighted by molar-refractivity contribution is -0.433. The van der Waals surface area contributed by atoms with Gasteiger partial charge in [0.2, 0.25) is 18.4 Å². The Balaban J connectivity index is 1.53. The SMILES string of the molecule is COc1ccc(/C=C\c2cc(OC)c3c(c2)OCO3)cc1NC(=O)[C@H](Cc1ccc(OP(=O)(O)O)cc1)N[P+]([O-])([O-])[O-]. The van der Waals surface area contributed by atoms with E-state index in [1.54, 1.807) is 47.6 Å². The Morgan fingerprint density at radius 3 is 2.33 bits per heavy atom. The molecule has 0 unspecified atom stereocenters. The summed E-state index contributed by atoms with van der Waals surface area (Å²) >= 11 is 0. The molecule has 1 aliphatic heterocycles. The molecule has 14 nitrogen and oxygen atoms in total. The van der Waals surface area contributed by atoms with Crippen LogP contribution in [0.2, 0.25) is 0 Å². The molecule has 4 rings (SSSR count). The maximum atomic E-state index is 13.2. The Bertz CT molecular complexity index is 1500. The molecule has 0 aliphatic carbocycles. The van der Waals surface area contributed by atoms with Crippen LogP contribution in [0, 0.1) is 0 Å². The highest BCUT2D eigenvalue weighted by atomic mass is 31.2. The average Bonchev–Trinajstić information content (AvgIpc) is 3.39. The van der Waals surface area contributed by atoms with Gasteiger partial charge in [0.15, 0.2) is 11.5 Å². The third kappa shape index (κ3) is 8.65. The average molecular weight is 620 g/mol. The lowest BCUT2D eigenvalue weighted by Gasteiger charge is -2.43. The molecule has 1 atom stereocenters. The monoisotopic (exact) mass is 620 g/mol. The second-order valence-corrected chi connectivity index (χ2v) is 11.3. The summed E-state index contributed by atoms with van der Waals surface area (Å²) in [5, 5.41) is 4.39. The standard InChI is InChI=1S/C26H28N2O12P2/c1-36-22-10-7-16(3-4-18-13-23(37-2)25-24(14-18)38-15-39-25)11-20(22)27-26(29)21(28-41(30,31)32)12-17-5-8-19(9-6-17)40-42(33,34)35/h3-11,13-14,21H,12,15H2,1-2H3,(H,27,29)(H2,33,34,35)(H3,28,30,31,32)/p-2/b4-3-/t21-/m0/s1. The lowest BCUT2D eigenvalue weighted by Crippen LogP contribution is -2.52. The third-order valence-electron chi connectivity index (χ3n) is 5.85. The Hall–Kier alpha value is -3.71. The summed E-state index contributed by atoms with van der Waals surface area (Å²) in [6.07, 6.45) is 3.28. The molecule has 42 heavy (non-hydrogen) atoms. The van der Waals surface area contributed by atoms with Crippen LogP contribution >= 0.6 is 15.9 Å². The Morgan fingerprint density at radius 2 is 1.69 bits per heavy atom. The van der Waals surface area contributed by atoms with Crippen molar-refractivity contribution in [3.05, 3.63) is 71.3 Å². The number of ether oxygens (including phenoxy) is 4. The molecule has 224 valence electrons. The number of carbonyl (C=O) groups excluding carboxylic acids is 1. The van der Waals surface area contributed by atoms with Crippen LogP contribution in [0.5, 0.6) is 28.7 Å². The molecule has 0 saturated carbocycles. The number of fused-ring (bicyclic) bond motifs is 1. The van der Waals surface area contributed by atoms with E-state index in [1.807, 2.05) is 0 Å². The molecule has 16 heteroatoms. The molecule has 0 saturated heterocycles. The number of benzene rings is 3. The maximum Gasteiger partial charge on any atom is 0.524 e. The highest BCUT2D eigenvalue weighted by Crippen LogP contribution is 2.42. The predicted octanol–water partition coefficient (Wildman–Crippen LogP) is 0.972. The van der Waals surface area contributed by atoms with Crippen molar-refractivity contribution >= 4 is 39.7 Å². The van der Waals surface area contributed by atoms with E-state index in [2.05, 4.69) is 9.84 Å². The molecule has 3 aromatic carbocycles. The molecule has 1 heterocycles. The Morgan fingerprint density at radius 1 is 1.00 bits per heavy atom. The number of amides is 1. The van der Waals surface area contributed by atoms with Crippen molar-refractivity contribution in [2.45, 2.75) is 12.5 Å². The summed E-state index contributed by atoms with van der Waals surface area (Å²) < 4.78 is 37.0. The van der Waals surface area contributed by atoms with Gasteiger partial charge < -0.3 is 43.5 Å². The fourth-order valence-corrected chi connectivity index (χ4v) is 5.02. The number of phosphoric acid groups is 1. The number of methoxy groups -OCH3 is 2. The molecule has 0 spiro atoms. The van der Waals surface area contributed by atoms with Crippen molar-refractivity contribution < 1.29 is 57.3 Å². The quantitative estimate of drug-likeness (QED) is 0.164. The molecule has 0 bridgehead atoms. The number of hydrogen-bond acceptors (Lipinski definition) is 11. The van der Waals surface area contributed by atoms with E-state index in [0.29, 0.717) is 28.4 Å². The zero-order chi connectivity index (χ0) is 30.5. The van der Waals surface area contributed by atoms with E-state index in [9.17, 15) is 24.0 Å². The minimum absolute atomic E-state index is 0.0841. The third-order valence-corrected chi connectivity index (χ3v) is 6.92. The smallest absolute Gasteiger partial charge is 0.524 e. The van der Waals surface area contributed by atoms with Crippen molar-refractivity contribution in [1.29, 1.82) is 0 Å². The van der Waals surface area contributed by atoms with Crippen LogP contribution in [0.25, 0.3) is 12.2 Å². The van der Waals surface area contributed by atoms with Gasteiger partial charge >= 0.3 is 7.82 Å². The molecule has 4 N–H and O–H groups in total. The first kappa shape index (κ1) is 31.2. The van der Waals surface area contributed by atoms with Crippen molar-refractivity contribution in [3.8, 4) is 28.7 Å². The van der Waals surface area contributed by atoms with Gasteiger partial charge in [-0.25, -0.2) is 4.57 Å². The van der Waals surface area contributed by atoms with Gasteiger partial charge in [0.1, 0.15) is 17.5 Å². The van der Waals surface area contributed by atoms with Gasteiger partial charge in [0.05, 0.1) is 19.9 Å². The summed E-state index contributed by atoms with van der Waals surface area (Å²) in [6.45, 7) is 0.0841. The highest BCUT2D eigenvalue weighted by Gasteiger charge is 2.24. The summed E-state index contributed by atoms with van der Waals surface area (Å²) in [5.74, 6) is 0.830. The van der Waals surface area contributed by atoms with Gasteiger partial charge in [0.25, 0.3) is 0 Å². The van der Waals surface area contributed by atoms with E-state index in [1.165, 1.54) is 38.5 Å². The van der Waals surface area contributed by atoms with Gasteiger partial charge in [-0.1, -0.05) is 38.4 Å². The largest absolute Gasteiger partial charge is 0.673 e. The van der Waals surface area contributed by atoms with Gasteiger partial charge in [-0.2, -0.15) is 5.09 Å². The second kappa shape index (κ2) is 13.1. The molecular weight excluding hydrogens is 594 g/mol. The fourth-order valence-electron chi connectivity index (χ4n) is 4.03. The number of rotatable bonds is 12. The van der Waals surface area contributed by atoms with E-state index in [0.717, 1.165) is 5.56 Å². The Kier molecular flexibility index (Phi) is 9.72. The normalized spacial score (nSPS) is 13.6. The lowest BCUT2D eigenvalue weighted by atomic mass is 10.1. The highest BCUT2D eigenvalue weighted by molar-refractivity contribution is 7.52. The van der Waals surface area contributed by atoms with E-state index in [4.69, 9.17) is 28.7 Å². The van der Waals surface area contributed by atoms with E-state index in [-0.39, 0.29) is 30.4 Å². The van der Waals surface area contributed by atoms with Crippen molar-refractivity contribution in [2.24, 2.45) is 0 Å². The van der Waals surface area contributed by atoms with Crippen molar-refractivity contribution in [2.75, 3.05) is 26.3 Å². The van der Waals surface area contributed by atoms with Crippen LogP contribution in [-0.2, 0) is 15.8 Å². The van der Waals surface area contributed by atoms with E-state index >= 15 is 0 Å². The van der Waals surface area contributed by atoms with Crippen LogP contribution in [0.4, 0.5) is 5.69 Å². The number of phosphoric ester groups is 1. The van der Waals surface area contributed by atoms with Gasteiger partial charge in [-0.15, -0.1) is 0 Å². The van der Waals surface area contributed by atoms with Crippen LogP contribution < -0.4 is 48.6 Å². The minimum Gasteiger partial charge on any atom is -0.673 e. The van der Waals surface area contributed by atoms with Crippen LogP contribution in [0.15, 0.2) is 54.6 Å². The molecule has 0 fully saturated rings. The molecule has 1 aliphatic rings. The maximum absolute atomic E-state index is 13.2. The zero-order valence-electron chi connectivity index (χ0n) is 22.2. The summed E-state index contributed by atoms with van der Waals surface area (Å²) in [4.78, 5) is 65.6. The zero-order valence-corrected chi connectivity index (χ0v) is 24.0. The van der Waals surface area contributed by atoms with Gasteiger partial charge in [-0.05, 0) is 53.1 Å². The first-order chi connectivity index (χ1) is 19.8. The summed E-state index contributed by atoms with van der Waals surface area (Å²) in [5.41, 5.74) is 1.97. The summed E-state index contributed by atoms with van der Waals surface area (Å²) in [7, 11) is -7.23.